The number of benzene rings is 1. The first-order valence-corrected chi connectivity index (χ1v) is 6.32. The van der Waals surface area contributed by atoms with Gasteiger partial charge in [-0.15, -0.1) is 11.3 Å². The number of aryl methyl sites for hydroxylation is 2. The van der Waals surface area contributed by atoms with Crippen LogP contribution in [0.3, 0.4) is 0 Å². The lowest BCUT2D eigenvalue weighted by Crippen LogP contribution is -1.92. The van der Waals surface area contributed by atoms with Crippen LogP contribution in [0.15, 0.2) is 17.5 Å². The average molecular weight is 248 g/mol. The monoisotopic (exact) mass is 248 g/mol. The van der Waals surface area contributed by atoms with Gasteiger partial charge in [0.2, 0.25) is 0 Å². The lowest BCUT2D eigenvalue weighted by molar-refractivity contribution is 0.408. The molecule has 90 valence electrons. The van der Waals surface area contributed by atoms with Gasteiger partial charge in [0.05, 0.1) is 12.8 Å². The van der Waals surface area contributed by atoms with Crippen molar-refractivity contribution in [2.75, 3.05) is 19.5 Å². The van der Waals surface area contributed by atoms with E-state index >= 15 is 0 Å². The van der Waals surface area contributed by atoms with Crippen LogP contribution >= 0.6 is 11.3 Å². The molecule has 0 radical (unpaired) electrons. The summed E-state index contributed by atoms with van der Waals surface area (Å²) in [5, 5.41) is 6.05. The molecule has 2 aromatic rings. The van der Waals surface area contributed by atoms with Crippen molar-refractivity contribution < 1.29 is 4.74 Å². The average Bonchev–Trinajstić information content (AvgIpc) is 2.77. The molecule has 1 aromatic carbocycles. The van der Waals surface area contributed by atoms with E-state index in [9.17, 15) is 0 Å². The second-order valence-electron chi connectivity index (χ2n) is 3.93. The molecule has 1 heterocycles. The number of thiazole rings is 1. The molecule has 3 nitrogen and oxygen atoms in total. The standard InChI is InChI=1S/C13H16N2OS/c1-8-5-10(6-9(2)12(8)16-4)11-7-17-13(14-3)15-11/h5-7H,1-4H3,(H,14,15). The molecule has 0 aliphatic rings. The minimum Gasteiger partial charge on any atom is -0.496 e. The van der Waals surface area contributed by atoms with Gasteiger partial charge in [-0.1, -0.05) is 0 Å². The Labute approximate surface area is 105 Å². The Kier molecular flexibility index (Phi) is 3.33. The van der Waals surface area contributed by atoms with Gasteiger partial charge < -0.3 is 10.1 Å². The first-order valence-electron chi connectivity index (χ1n) is 5.44. The van der Waals surface area contributed by atoms with Gasteiger partial charge in [-0.05, 0) is 37.1 Å². The molecule has 4 heteroatoms. The molecule has 0 amide bonds. The highest BCUT2D eigenvalue weighted by atomic mass is 32.1. The summed E-state index contributed by atoms with van der Waals surface area (Å²) >= 11 is 1.61. The Morgan fingerprint density at radius 1 is 1.24 bits per heavy atom. The molecule has 0 aliphatic carbocycles. The number of ether oxygens (including phenoxy) is 1. The summed E-state index contributed by atoms with van der Waals surface area (Å²) in [7, 11) is 3.59. The lowest BCUT2D eigenvalue weighted by Gasteiger charge is -2.10. The van der Waals surface area contributed by atoms with Crippen LogP contribution in [0.25, 0.3) is 11.3 Å². The minimum atomic E-state index is 0.936. The fourth-order valence-corrected chi connectivity index (χ4v) is 2.62. The summed E-state index contributed by atoms with van der Waals surface area (Å²) in [4.78, 5) is 4.50. The molecule has 0 fully saturated rings. The van der Waals surface area contributed by atoms with Crippen LogP contribution in [0.2, 0.25) is 0 Å². The van der Waals surface area contributed by atoms with Crippen molar-refractivity contribution in [3.05, 3.63) is 28.6 Å². The van der Waals surface area contributed by atoms with Crippen LogP contribution in [0.5, 0.6) is 5.75 Å². The molecule has 0 saturated heterocycles. The molecule has 0 atom stereocenters. The van der Waals surface area contributed by atoms with Crippen LogP contribution < -0.4 is 10.1 Å². The Morgan fingerprint density at radius 2 is 1.88 bits per heavy atom. The van der Waals surface area contributed by atoms with Crippen LogP contribution in [0.1, 0.15) is 11.1 Å². The van der Waals surface area contributed by atoms with Crippen molar-refractivity contribution in [2.24, 2.45) is 0 Å². The molecule has 0 bridgehead atoms. The van der Waals surface area contributed by atoms with Crippen molar-refractivity contribution in [1.82, 2.24) is 4.98 Å². The van der Waals surface area contributed by atoms with Crippen LogP contribution in [-0.2, 0) is 0 Å². The molecule has 0 spiro atoms. The Morgan fingerprint density at radius 3 is 2.35 bits per heavy atom. The first kappa shape index (κ1) is 11.9. The molecule has 0 saturated carbocycles. The zero-order valence-electron chi connectivity index (χ0n) is 10.5. The predicted molar refractivity (Wildman–Crippen MR) is 73.1 cm³/mol. The fraction of sp³-hybridized carbons (Fsp3) is 0.308. The largest absolute Gasteiger partial charge is 0.496 e. The van der Waals surface area contributed by atoms with Gasteiger partial charge in [-0.2, -0.15) is 0 Å². The summed E-state index contributed by atoms with van der Waals surface area (Å²) in [6, 6.07) is 4.22. The normalized spacial score (nSPS) is 10.4. The Hall–Kier alpha value is -1.55. The van der Waals surface area contributed by atoms with Gasteiger partial charge in [-0.25, -0.2) is 4.98 Å². The van der Waals surface area contributed by atoms with Crippen molar-refractivity contribution in [2.45, 2.75) is 13.8 Å². The van der Waals surface area contributed by atoms with E-state index in [4.69, 9.17) is 4.74 Å². The SMILES string of the molecule is CNc1nc(-c2cc(C)c(OC)c(C)c2)cs1. The zero-order valence-corrected chi connectivity index (χ0v) is 11.3. The number of nitrogens with one attached hydrogen (secondary N) is 1. The minimum absolute atomic E-state index is 0.936. The molecule has 17 heavy (non-hydrogen) atoms. The quantitative estimate of drug-likeness (QED) is 0.903. The van der Waals surface area contributed by atoms with Gasteiger partial charge >= 0.3 is 0 Å². The third-order valence-electron chi connectivity index (χ3n) is 2.68. The summed E-state index contributed by atoms with van der Waals surface area (Å²) in [5.74, 6) is 0.956. The van der Waals surface area contributed by atoms with Gasteiger partial charge in [0.15, 0.2) is 5.13 Å². The van der Waals surface area contributed by atoms with Crippen LogP contribution in [-0.4, -0.2) is 19.1 Å². The Balaban J connectivity index is 2.46. The number of aromatic nitrogens is 1. The molecular weight excluding hydrogens is 232 g/mol. The van der Waals surface area contributed by atoms with Gasteiger partial charge in [0.25, 0.3) is 0 Å². The van der Waals surface area contributed by atoms with Gasteiger partial charge in [-0.3, -0.25) is 0 Å². The van der Waals surface area contributed by atoms with Crippen molar-refractivity contribution in [1.29, 1.82) is 0 Å². The number of methoxy groups -OCH3 is 1. The van der Waals surface area contributed by atoms with Gasteiger partial charge in [0, 0.05) is 18.0 Å². The number of hydrogen-bond acceptors (Lipinski definition) is 4. The smallest absolute Gasteiger partial charge is 0.182 e. The predicted octanol–water partition coefficient (Wildman–Crippen LogP) is 3.48. The summed E-state index contributed by atoms with van der Waals surface area (Å²) < 4.78 is 5.36. The molecular formula is C13H16N2OS. The first-order chi connectivity index (χ1) is 8.15. The molecule has 1 aromatic heterocycles. The maximum Gasteiger partial charge on any atom is 0.182 e. The van der Waals surface area contributed by atoms with Crippen molar-refractivity contribution in [3.8, 4) is 17.0 Å². The Bertz CT molecular complexity index is 511. The number of hydrogen-bond donors (Lipinski definition) is 1. The summed E-state index contributed by atoms with van der Waals surface area (Å²) in [6.45, 7) is 4.11. The van der Waals surface area contributed by atoms with E-state index in [0.29, 0.717) is 0 Å². The van der Waals surface area contributed by atoms with E-state index in [1.807, 2.05) is 7.05 Å². The maximum absolute atomic E-state index is 5.36. The topological polar surface area (TPSA) is 34.2 Å². The number of nitrogens with zero attached hydrogens (tertiary/aromatic N) is 1. The fourth-order valence-electron chi connectivity index (χ4n) is 1.94. The van der Waals surface area contributed by atoms with Crippen molar-refractivity contribution >= 4 is 16.5 Å². The van der Waals surface area contributed by atoms with E-state index in [2.05, 4.69) is 41.7 Å². The van der Waals surface area contributed by atoms with E-state index < -0.39 is 0 Å². The second-order valence-corrected chi connectivity index (χ2v) is 4.79. The highest BCUT2D eigenvalue weighted by Crippen LogP contribution is 2.31. The lowest BCUT2D eigenvalue weighted by atomic mass is 10.0. The van der Waals surface area contributed by atoms with Crippen molar-refractivity contribution in [3.63, 3.8) is 0 Å². The number of anilines is 1. The molecule has 1 N–H and O–H groups in total. The molecule has 2 rings (SSSR count). The summed E-state index contributed by atoms with van der Waals surface area (Å²) in [6.07, 6.45) is 0. The third kappa shape index (κ3) is 2.26. The van der Waals surface area contributed by atoms with Crippen LogP contribution in [0.4, 0.5) is 5.13 Å². The van der Waals surface area contributed by atoms with Crippen LogP contribution in [0, 0.1) is 13.8 Å². The van der Waals surface area contributed by atoms with E-state index in [1.165, 1.54) is 0 Å². The van der Waals surface area contributed by atoms with E-state index in [0.717, 1.165) is 33.3 Å². The maximum atomic E-state index is 5.36. The number of rotatable bonds is 3. The highest BCUT2D eigenvalue weighted by Gasteiger charge is 2.09. The van der Waals surface area contributed by atoms with E-state index in [1.54, 1.807) is 18.4 Å². The van der Waals surface area contributed by atoms with E-state index in [-0.39, 0.29) is 0 Å². The zero-order chi connectivity index (χ0) is 12.4. The summed E-state index contributed by atoms with van der Waals surface area (Å²) in [5.41, 5.74) is 4.43. The second kappa shape index (κ2) is 4.75. The third-order valence-corrected chi connectivity index (χ3v) is 3.54. The highest BCUT2D eigenvalue weighted by molar-refractivity contribution is 7.14. The van der Waals surface area contributed by atoms with Gasteiger partial charge in [0.1, 0.15) is 5.75 Å². The molecule has 0 unspecified atom stereocenters. The molecule has 0 aliphatic heterocycles.